The van der Waals surface area contributed by atoms with Crippen LogP contribution in [-0.4, -0.2) is 28.1 Å². The van der Waals surface area contributed by atoms with E-state index in [9.17, 15) is 17.6 Å². The fraction of sp³-hybridized carbons (Fsp3) is 0.474. The zero-order valence-electron chi connectivity index (χ0n) is 14.8. The van der Waals surface area contributed by atoms with Crippen LogP contribution in [0.25, 0.3) is 11.1 Å². The molecule has 2 fully saturated rings. The van der Waals surface area contributed by atoms with Crippen molar-refractivity contribution < 1.29 is 17.6 Å². The van der Waals surface area contributed by atoms with E-state index in [4.69, 9.17) is 0 Å². The Balaban J connectivity index is 1.53. The molecule has 0 amide bonds. The molecule has 0 aliphatic carbocycles. The van der Waals surface area contributed by atoms with Crippen molar-refractivity contribution in [3.8, 4) is 11.1 Å². The van der Waals surface area contributed by atoms with E-state index in [0.717, 1.165) is 25.0 Å². The van der Waals surface area contributed by atoms with Crippen molar-refractivity contribution in [2.45, 2.75) is 56.9 Å². The average molecular weight is 380 g/mol. The highest BCUT2D eigenvalue weighted by molar-refractivity contribution is 5.66. The minimum absolute atomic E-state index is 0.0620. The van der Waals surface area contributed by atoms with E-state index in [1.54, 1.807) is 6.92 Å². The summed E-state index contributed by atoms with van der Waals surface area (Å²) in [7, 11) is 0. The molecule has 2 aliphatic rings. The third kappa shape index (κ3) is 3.76. The molecule has 8 heteroatoms. The summed E-state index contributed by atoms with van der Waals surface area (Å²) in [6.45, 7) is 1.70. The Labute approximate surface area is 154 Å². The van der Waals surface area contributed by atoms with Crippen LogP contribution in [0.2, 0.25) is 0 Å². The van der Waals surface area contributed by atoms with Crippen molar-refractivity contribution in [2.24, 2.45) is 0 Å². The third-order valence-corrected chi connectivity index (χ3v) is 5.37. The van der Waals surface area contributed by atoms with Crippen molar-refractivity contribution in [3.05, 3.63) is 41.5 Å². The third-order valence-electron chi connectivity index (χ3n) is 5.37. The summed E-state index contributed by atoms with van der Waals surface area (Å²) >= 11 is 0. The molecule has 2 N–H and O–H groups in total. The smallest absolute Gasteiger partial charge is 0.351 e. The molecule has 2 saturated heterocycles. The van der Waals surface area contributed by atoms with Gasteiger partial charge >= 0.3 is 6.18 Å². The molecule has 144 valence electrons. The van der Waals surface area contributed by atoms with Crippen LogP contribution in [0.15, 0.2) is 24.4 Å². The quantitative estimate of drug-likeness (QED) is 0.780. The number of piperidine rings is 1. The number of nitrogens with zero attached hydrogens (tertiary/aromatic N) is 2. The van der Waals surface area contributed by atoms with Crippen molar-refractivity contribution in [3.63, 3.8) is 0 Å². The number of fused-ring (bicyclic) bond motifs is 2. The van der Waals surface area contributed by atoms with Crippen molar-refractivity contribution >= 4 is 5.95 Å². The predicted molar refractivity (Wildman–Crippen MR) is 93.8 cm³/mol. The number of nitrogens with one attached hydrogen (secondary N) is 2. The number of hydrogen-bond acceptors (Lipinski definition) is 4. The van der Waals surface area contributed by atoms with Gasteiger partial charge in [-0.25, -0.2) is 14.4 Å². The van der Waals surface area contributed by atoms with Crippen LogP contribution in [-0.2, 0) is 6.18 Å². The number of aryl methyl sites for hydroxylation is 1. The molecule has 1 aromatic carbocycles. The number of hydrogen-bond donors (Lipinski definition) is 2. The maximum absolute atomic E-state index is 14.2. The van der Waals surface area contributed by atoms with Crippen LogP contribution in [0.3, 0.4) is 0 Å². The number of benzene rings is 1. The zero-order chi connectivity index (χ0) is 19.2. The van der Waals surface area contributed by atoms with E-state index in [-0.39, 0.29) is 11.6 Å². The summed E-state index contributed by atoms with van der Waals surface area (Å²) in [5.41, 5.74) is -0.0478. The normalized spacial score (nSPS) is 24.9. The molecule has 0 radical (unpaired) electrons. The fourth-order valence-electron chi connectivity index (χ4n) is 4.07. The topological polar surface area (TPSA) is 49.8 Å². The lowest BCUT2D eigenvalue weighted by molar-refractivity contribution is -0.137. The van der Waals surface area contributed by atoms with E-state index in [0.29, 0.717) is 35.4 Å². The second kappa shape index (κ2) is 6.74. The van der Waals surface area contributed by atoms with Gasteiger partial charge in [-0.15, -0.1) is 0 Å². The van der Waals surface area contributed by atoms with Gasteiger partial charge in [0.1, 0.15) is 5.82 Å². The summed E-state index contributed by atoms with van der Waals surface area (Å²) in [5, 5.41) is 6.91. The maximum atomic E-state index is 14.2. The summed E-state index contributed by atoms with van der Waals surface area (Å²) in [6, 6.07) is 3.85. The molecule has 2 aliphatic heterocycles. The van der Waals surface area contributed by atoms with Crippen LogP contribution < -0.4 is 10.6 Å². The Bertz CT molecular complexity index is 840. The van der Waals surface area contributed by atoms with E-state index < -0.39 is 17.6 Å². The first-order chi connectivity index (χ1) is 12.8. The van der Waals surface area contributed by atoms with E-state index in [1.807, 2.05) is 0 Å². The standard InChI is InChI=1S/C19H20F4N4/c1-10-16(15-5-2-11(6-17(15)20)19(21,22)23)9-24-18(25-10)27-14-7-12-3-4-13(8-14)26-12/h2,5-6,9,12-14,26H,3-4,7-8H2,1H3,(H,24,25,27). The van der Waals surface area contributed by atoms with Crippen LogP contribution in [0.4, 0.5) is 23.5 Å². The van der Waals surface area contributed by atoms with Gasteiger partial charge in [0.05, 0.1) is 11.3 Å². The second-order valence-electron chi connectivity index (χ2n) is 7.34. The molecule has 4 rings (SSSR count). The first-order valence-electron chi connectivity index (χ1n) is 9.03. The summed E-state index contributed by atoms with van der Waals surface area (Å²) < 4.78 is 52.4. The maximum Gasteiger partial charge on any atom is 0.416 e. The van der Waals surface area contributed by atoms with Gasteiger partial charge in [-0.1, -0.05) is 6.07 Å². The number of alkyl halides is 3. The van der Waals surface area contributed by atoms with Gasteiger partial charge in [0.25, 0.3) is 0 Å². The molecule has 2 atom stereocenters. The van der Waals surface area contributed by atoms with Crippen molar-refractivity contribution in [2.75, 3.05) is 5.32 Å². The van der Waals surface area contributed by atoms with Gasteiger partial charge in [-0.3, -0.25) is 0 Å². The molecule has 0 spiro atoms. The number of aromatic nitrogens is 2. The second-order valence-corrected chi connectivity index (χ2v) is 7.34. The lowest BCUT2D eigenvalue weighted by atomic mass is 10.00. The molecule has 3 heterocycles. The molecular weight excluding hydrogens is 360 g/mol. The SMILES string of the molecule is Cc1nc(NC2CC3CCC(C2)N3)ncc1-c1ccc(C(F)(F)F)cc1F. The molecule has 2 bridgehead atoms. The fourth-order valence-corrected chi connectivity index (χ4v) is 4.07. The minimum Gasteiger partial charge on any atom is -0.351 e. The number of rotatable bonds is 3. The first kappa shape index (κ1) is 18.2. The summed E-state index contributed by atoms with van der Waals surface area (Å²) in [5.74, 6) is -0.470. The predicted octanol–water partition coefficient (Wildman–Crippen LogP) is 4.30. The highest BCUT2D eigenvalue weighted by Crippen LogP contribution is 2.34. The van der Waals surface area contributed by atoms with Gasteiger partial charge in [0, 0.05) is 35.4 Å². The highest BCUT2D eigenvalue weighted by atomic mass is 19.4. The Kier molecular flexibility index (Phi) is 4.53. The summed E-state index contributed by atoms with van der Waals surface area (Å²) in [6.07, 6.45) is 1.28. The van der Waals surface area contributed by atoms with Crippen molar-refractivity contribution in [1.29, 1.82) is 0 Å². The van der Waals surface area contributed by atoms with E-state index in [1.165, 1.54) is 19.0 Å². The van der Waals surface area contributed by atoms with Crippen LogP contribution in [0, 0.1) is 12.7 Å². The monoisotopic (exact) mass is 380 g/mol. The Hall–Kier alpha value is -2.22. The minimum atomic E-state index is -4.58. The van der Waals surface area contributed by atoms with Crippen LogP contribution >= 0.6 is 0 Å². The highest BCUT2D eigenvalue weighted by Gasteiger charge is 2.34. The Morgan fingerprint density at radius 3 is 2.41 bits per heavy atom. The lowest BCUT2D eigenvalue weighted by Crippen LogP contribution is -2.43. The molecule has 4 nitrogen and oxygen atoms in total. The van der Waals surface area contributed by atoms with Gasteiger partial charge in [0.15, 0.2) is 0 Å². The summed E-state index contributed by atoms with van der Waals surface area (Å²) in [4.78, 5) is 8.66. The molecule has 1 aromatic heterocycles. The molecular formula is C19H20F4N4. The molecule has 2 unspecified atom stereocenters. The van der Waals surface area contributed by atoms with Crippen LogP contribution in [0.1, 0.15) is 36.9 Å². The molecule has 2 aromatic rings. The first-order valence-corrected chi connectivity index (χ1v) is 9.03. The van der Waals surface area contributed by atoms with Gasteiger partial charge < -0.3 is 10.6 Å². The lowest BCUT2D eigenvalue weighted by Gasteiger charge is -2.29. The average Bonchev–Trinajstić information content (AvgIpc) is 2.93. The zero-order valence-corrected chi connectivity index (χ0v) is 14.8. The van der Waals surface area contributed by atoms with E-state index in [2.05, 4.69) is 20.6 Å². The molecule has 0 saturated carbocycles. The van der Waals surface area contributed by atoms with Gasteiger partial charge in [0.2, 0.25) is 5.95 Å². The van der Waals surface area contributed by atoms with Crippen molar-refractivity contribution in [1.82, 2.24) is 15.3 Å². The van der Waals surface area contributed by atoms with Crippen LogP contribution in [0.5, 0.6) is 0 Å². The number of halogens is 4. The Morgan fingerprint density at radius 1 is 1.11 bits per heavy atom. The molecule has 27 heavy (non-hydrogen) atoms. The number of anilines is 1. The van der Waals surface area contributed by atoms with Gasteiger partial charge in [-0.2, -0.15) is 13.2 Å². The van der Waals surface area contributed by atoms with Gasteiger partial charge in [-0.05, 0) is 44.7 Å². The largest absolute Gasteiger partial charge is 0.416 e. The Morgan fingerprint density at radius 2 is 1.81 bits per heavy atom. The van der Waals surface area contributed by atoms with E-state index >= 15 is 0 Å².